The Hall–Kier alpha value is -2.19. The highest BCUT2D eigenvalue weighted by atomic mass is 32.2. The maximum atomic E-state index is 11.8. The summed E-state index contributed by atoms with van der Waals surface area (Å²) in [5, 5.41) is 9.40. The third kappa shape index (κ3) is 4.40. The first-order valence-corrected chi connectivity index (χ1v) is 8.76. The van der Waals surface area contributed by atoms with Gasteiger partial charge < -0.3 is 9.84 Å². The van der Waals surface area contributed by atoms with Gasteiger partial charge in [-0.25, -0.2) is 4.98 Å². The summed E-state index contributed by atoms with van der Waals surface area (Å²) in [5.41, 5.74) is 0.761. The lowest BCUT2D eigenvalue weighted by Crippen LogP contribution is -2.24. The minimum Gasteiger partial charge on any atom is -0.350 e. The molecule has 0 aromatic carbocycles. The molecule has 0 bridgehead atoms. The molecule has 6 nitrogen and oxygen atoms in total. The van der Waals surface area contributed by atoms with Crippen LogP contribution in [0.25, 0.3) is 11.5 Å². The molecule has 1 amide bonds. The van der Waals surface area contributed by atoms with Crippen LogP contribution < -0.4 is 5.32 Å². The van der Waals surface area contributed by atoms with Crippen molar-refractivity contribution in [2.75, 3.05) is 5.75 Å². The van der Waals surface area contributed by atoms with Crippen molar-refractivity contribution in [1.29, 1.82) is 0 Å². The average molecular weight is 346 g/mol. The second-order valence-electron chi connectivity index (χ2n) is 4.68. The van der Waals surface area contributed by atoms with Crippen LogP contribution in [0.4, 0.5) is 0 Å². The van der Waals surface area contributed by atoms with Crippen molar-refractivity contribution in [3.63, 3.8) is 0 Å². The van der Waals surface area contributed by atoms with E-state index in [2.05, 4.69) is 20.4 Å². The van der Waals surface area contributed by atoms with Gasteiger partial charge in [0.15, 0.2) is 5.82 Å². The first kappa shape index (κ1) is 15.7. The molecule has 0 atom stereocenters. The summed E-state index contributed by atoms with van der Waals surface area (Å²) in [4.78, 5) is 21.4. The molecule has 0 saturated heterocycles. The number of nitrogens with one attached hydrogen (secondary N) is 1. The van der Waals surface area contributed by atoms with Crippen molar-refractivity contribution >= 4 is 29.0 Å². The number of thioether (sulfide) groups is 1. The minimum absolute atomic E-state index is 0.0122. The highest BCUT2D eigenvalue weighted by molar-refractivity contribution is 7.99. The number of amides is 1. The van der Waals surface area contributed by atoms with E-state index in [0.717, 1.165) is 15.5 Å². The molecule has 0 saturated carbocycles. The van der Waals surface area contributed by atoms with Gasteiger partial charge in [-0.05, 0) is 30.5 Å². The monoisotopic (exact) mass is 346 g/mol. The Morgan fingerprint density at radius 3 is 2.96 bits per heavy atom. The molecule has 0 aliphatic heterocycles. The first-order chi connectivity index (χ1) is 11.2. The molecule has 0 unspecified atom stereocenters. The number of hydrogen-bond donors (Lipinski definition) is 1. The molecule has 0 radical (unpaired) electrons. The molecule has 3 rings (SSSR count). The zero-order valence-electron chi connectivity index (χ0n) is 12.4. The fourth-order valence-corrected chi connectivity index (χ4v) is 3.11. The second kappa shape index (κ2) is 7.38. The van der Waals surface area contributed by atoms with Gasteiger partial charge in [-0.15, -0.1) is 11.3 Å². The molecule has 3 aromatic rings. The minimum atomic E-state index is -0.0122. The van der Waals surface area contributed by atoms with Gasteiger partial charge in [0.25, 0.3) is 5.89 Å². The number of carbonyl (C=O) groups excluding carboxylic acids is 1. The second-order valence-corrected chi connectivity index (χ2v) is 6.70. The highest BCUT2D eigenvalue weighted by Gasteiger charge is 2.08. The number of aryl methyl sites for hydroxylation is 1. The Morgan fingerprint density at radius 2 is 2.30 bits per heavy atom. The summed E-state index contributed by atoms with van der Waals surface area (Å²) in [7, 11) is 0. The Bertz CT molecular complexity index is 769. The molecule has 0 aliphatic carbocycles. The summed E-state index contributed by atoms with van der Waals surface area (Å²) in [6.45, 7) is 2.33. The average Bonchev–Trinajstić information content (AvgIpc) is 3.23. The molecular weight excluding hydrogens is 332 g/mol. The van der Waals surface area contributed by atoms with Gasteiger partial charge in [-0.3, -0.25) is 4.79 Å². The summed E-state index contributed by atoms with van der Waals surface area (Å²) >= 11 is 3.02. The van der Waals surface area contributed by atoms with E-state index in [1.807, 2.05) is 29.6 Å². The largest absolute Gasteiger partial charge is 0.350 e. The van der Waals surface area contributed by atoms with Crippen LogP contribution in [-0.4, -0.2) is 26.8 Å². The number of nitrogens with zero attached hydrogens (tertiary/aromatic N) is 3. The van der Waals surface area contributed by atoms with E-state index >= 15 is 0 Å². The van der Waals surface area contributed by atoms with E-state index < -0.39 is 0 Å². The van der Waals surface area contributed by atoms with Gasteiger partial charge in [0.05, 0.1) is 22.9 Å². The topological polar surface area (TPSA) is 80.9 Å². The van der Waals surface area contributed by atoms with Crippen molar-refractivity contribution in [1.82, 2.24) is 20.4 Å². The SMILES string of the molecule is Cc1noc(-c2ccc(SCC(=O)NCc3cccs3)nc2)n1. The number of thiophene rings is 1. The Morgan fingerprint density at radius 1 is 1.39 bits per heavy atom. The molecule has 8 heteroatoms. The molecule has 0 aliphatic rings. The summed E-state index contributed by atoms with van der Waals surface area (Å²) in [5.74, 6) is 1.35. The summed E-state index contributed by atoms with van der Waals surface area (Å²) in [6.07, 6.45) is 1.67. The van der Waals surface area contributed by atoms with Crippen LogP contribution in [0.5, 0.6) is 0 Å². The number of carbonyl (C=O) groups is 1. The molecule has 23 heavy (non-hydrogen) atoms. The van der Waals surface area contributed by atoms with Crippen LogP contribution >= 0.6 is 23.1 Å². The number of aromatic nitrogens is 3. The smallest absolute Gasteiger partial charge is 0.259 e. The normalized spacial score (nSPS) is 10.7. The van der Waals surface area contributed by atoms with Crippen molar-refractivity contribution in [3.05, 3.63) is 46.5 Å². The lowest BCUT2D eigenvalue weighted by Gasteiger charge is -2.03. The summed E-state index contributed by atoms with van der Waals surface area (Å²) in [6, 6.07) is 7.66. The van der Waals surface area contributed by atoms with Gasteiger partial charge in [0, 0.05) is 11.1 Å². The predicted molar refractivity (Wildman–Crippen MR) is 89.2 cm³/mol. The van der Waals surface area contributed by atoms with Gasteiger partial charge in [0.2, 0.25) is 5.91 Å². The van der Waals surface area contributed by atoms with E-state index in [1.165, 1.54) is 11.8 Å². The Balaban J connectivity index is 1.49. The van der Waals surface area contributed by atoms with Gasteiger partial charge in [-0.2, -0.15) is 4.98 Å². The zero-order chi connectivity index (χ0) is 16.1. The molecule has 1 N–H and O–H groups in total. The highest BCUT2D eigenvalue weighted by Crippen LogP contribution is 2.20. The fourth-order valence-electron chi connectivity index (χ4n) is 1.80. The Kier molecular flexibility index (Phi) is 5.04. The lowest BCUT2D eigenvalue weighted by atomic mass is 10.3. The zero-order valence-corrected chi connectivity index (χ0v) is 14.0. The standard InChI is InChI=1S/C15H14N4O2S2/c1-10-18-15(21-19-10)11-4-5-14(17-7-11)23-9-13(20)16-8-12-3-2-6-22-12/h2-7H,8-9H2,1H3,(H,16,20). The van der Waals surface area contributed by atoms with Crippen molar-refractivity contribution in [2.45, 2.75) is 18.5 Å². The van der Waals surface area contributed by atoms with E-state index in [4.69, 9.17) is 4.52 Å². The molecule has 0 fully saturated rings. The number of rotatable bonds is 6. The lowest BCUT2D eigenvalue weighted by molar-refractivity contribution is -0.118. The van der Waals surface area contributed by atoms with Crippen LogP contribution in [0, 0.1) is 6.92 Å². The molecule has 3 aromatic heterocycles. The number of pyridine rings is 1. The maximum Gasteiger partial charge on any atom is 0.259 e. The fraction of sp³-hybridized carbons (Fsp3) is 0.200. The van der Waals surface area contributed by atoms with E-state index in [9.17, 15) is 4.79 Å². The third-order valence-corrected chi connectivity index (χ3v) is 4.72. The van der Waals surface area contributed by atoms with Crippen LogP contribution in [0.2, 0.25) is 0 Å². The Labute approximate surface area is 141 Å². The van der Waals surface area contributed by atoms with Crippen LogP contribution in [-0.2, 0) is 11.3 Å². The van der Waals surface area contributed by atoms with Crippen molar-refractivity contribution < 1.29 is 9.32 Å². The molecule has 0 spiro atoms. The van der Waals surface area contributed by atoms with Crippen molar-refractivity contribution in [3.8, 4) is 11.5 Å². The van der Waals surface area contributed by atoms with E-state index in [1.54, 1.807) is 24.5 Å². The van der Waals surface area contributed by atoms with E-state index in [0.29, 0.717) is 24.0 Å². The predicted octanol–water partition coefficient (Wildman–Crippen LogP) is 2.91. The van der Waals surface area contributed by atoms with Gasteiger partial charge in [0.1, 0.15) is 0 Å². The quantitative estimate of drug-likeness (QED) is 0.691. The van der Waals surface area contributed by atoms with Crippen molar-refractivity contribution in [2.24, 2.45) is 0 Å². The summed E-state index contributed by atoms with van der Waals surface area (Å²) < 4.78 is 5.08. The third-order valence-electron chi connectivity index (χ3n) is 2.90. The van der Waals surface area contributed by atoms with E-state index in [-0.39, 0.29) is 5.91 Å². The van der Waals surface area contributed by atoms with Gasteiger partial charge in [-0.1, -0.05) is 23.0 Å². The van der Waals surface area contributed by atoms with Crippen LogP contribution in [0.15, 0.2) is 45.4 Å². The van der Waals surface area contributed by atoms with Crippen LogP contribution in [0.3, 0.4) is 0 Å². The molecular formula is C15H14N4O2S2. The van der Waals surface area contributed by atoms with Gasteiger partial charge >= 0.3 is 0 Å². The molecule has 3 heterocycles. The molecule has 118 valence electrons. The van der Waals surface area contributed by atoms with Crippen LogP contribution in [0.1, 0.15) is 10.7 Å². The maximum absolute atomic E-state index is 11.8. The number of hydrogen-bond acceptors (Lipinski definition) is 7. The first-order valence-electron chi connectivity index (χ1n) is 6.89.